The first-order valence-corrected chi connectivity index (χ1v) is 7.06. The molecule has 1 N–H and O–H groups in total. The molecule has 1 aromatic heterocycles. The summed E-state index contributed by atoms with van der Waals surface area (Å²) in [6.45, 7) is 6.24. The van der Waals surface area contributed by atoms with Gasteiger partial charge in [-0.05, 0) is 36.8 Å². The van der Waals surface area contributed by atoms with Gasteiger partial charge in [0.25, 0.3) is 5.91 Å². The molecule has 4 nitrogen and oxygen atoms in total. The Labute approximate surface area is 115 Å². The van der Waals surface area contributed by atoms with Crippen molar-refractivity contribution < 1.29 is 4.79 Å². The molecule has 0 aliphatic carbocycles. The number of nitrogens with one attached hydrogen (secondary N) is 1. The minimum atomic E-state index is 0.0549. The van der Waals surface area contributed by atoms with E-state index in [0.29, 0.717) is 11.6 Å². The summed E-state index contributed by atoms with van der Waals surface area (Å²) < 4.78 is 0. The zero-order valence-corrected chi connectivity index (χ0v) is 12.0. The van der Waals surface area contributed by atoms with Crippen molar-refractivity contribution in [3.05, 3.63) is 23.9 Å². The van der Waals surface area contributed by atoms with Crippen LogP contribution in [0.25, 0.3) is 0 Å². The van der Waals surface area contributed by atoms with Crippen molar-refractivity contribution >= 4 is 11.7 Å². The smallest absolute Gasteiger partial charge is 0.272 e. The Morgan fingerprint density at radius 3 is 2.63 bits per heavy atom. The topological polar surface area (TPSA) is 45.2 Å². The first-order chi connectivity index (χ1) is 9.11. The highest BCUT2D eigenvalue weighted by Gasteiger charge is 2.25. The minimum Gasteiger partial charge on any atom is -0.373 e. The summed E-state index contributed by atoms with van der Waals surface area (Å²) in [6, 6.07) is 5.52. The molecular weight excluding hydrogens is 238 g/mol. The predicted molar refractivity (Wildman–Crippen MR) is 77.2 cm³/mol. The summed E-state index contributed by atoms with van der Waals surface area (Å²) in [4.78, 5) is 18.6. The summed E-state index contributed by atoms with van der Waals surface area (Å²) in [6.07, 6.45) is 2.21. The highest BCUT2D eigenvalue weighted by atomic mass is 16.2. The van der Waals surface area contributed by atoms with Gasteiger partial charge in [-0.2, -0.15) is 0 Å². The van der Waals surface area contributed by atoms with E-state index in [1.807, 2.05) is 24.1 Å². The molecule has 0 atom stereocenters. The van der Waals surface area contributed by atoms with Crippen LogP contribution in [0.4, 0.5) is 5.82 Å². The largest absolute Gasteiger partial charge is 0.373 e. The molecule has 0 radical (unpaired) electrons. The van der Waals surface area contributed by atoms with Crippen LogP contribution in [0.15, 0.2) is 18.2 Å². The number of likely N-dealkylation sites (tertiary alicyclic amines) is 1. The number of carbonyl (C=O) groups excluding carboxylic acids is 1. The number of pyridine rings is 1. The van der Waals surface area contributed by atoms with Crippen LogP contribution in [0.1, 0.15) is 37.2 Å². The van der Waals surface area contributed by atoms with Crippen molar-refractivity contribution in [2.24, 2.45) is 11.8 Å². The van der Waals surface area contributed by atoms with E-state index in [0.717, 1.165) is 37.7 Å². The van der Waals surface area contributed by atoms with Crippen molar-refractivity contribution in [3.8, 4) is 0 Å². The second-order valence-electron chi connectivity index (χ2n) is 5.53. The predicted octanol–water partition coefficient (Wildman–Crippen LogP) is 2.63. The van der Waals surface area contributed by atoms with E-state index < -0.39 is 0 Å². The lowest BCUT2D eigenvalue weighted by molar-refractivity contribution is 0.0662. The van der Waals surface area contributed by atoms with Gasteiger partial charge in [0.1, 0.15) is 11.5 Å². The SMILES string of the molecule is CNc1cccc(C(=O)N2CCC(C(C)C)CC2)n1. The van der Waals surface area contributed by atoms with Gasteiger partial charge in [-0.15, -0.1) is 0 Å². The molecule has 1 aliphatic rings. The Morgan fingerprint density at radius 2 is 2.05 bits per heavy atom. The molecule has 0 bridgehead atoms. The highest BCUT2D eigenvalue weighted by molar-refractivity contribution is 5.92. The average molecular weight is 261 g/mol. The van der Waals surface area contributed by atoms with Crippen LogP contribution in [-0.2, 0) is 0 Å². The summed E-state index contributed by atoms with van der Waals surface area (Å²) >= 11 is 0. The Kier molecular flexibility index (Phi) is 4.40. The third kappa shape index (κ3) is 3.25. The molecule has 104 valence electrons. The standard InChI is InChI=1S/C15H23N3O/c1-11(2)12-7-9-18(10-8-12)15(19)13-5-4-6-14(16-3)17-13/h4-6,11-12H,7-10H2,1-3H3,(H,16,17). The number of nitrogens with zero attached hydrogens (tertiary/aromatic N) is 2. The molecule has 1 fully saturated rings. The van der Waals surface area contributed by atoms with Crippen LogP contribution in [-0.4, -0.2) is 35.9 Å². The molecule has 0 aromatic carbocycles. The van der Waals surface area contributed by atoms with Crippen LogP contribution in [0.2, 0.25) is 0 Å². The summed E-state index contributed by atoms with van der Waals surface area (Å²) in [7, 11) is 1.81. The lowest BCUT2D eigenvalue weighted by Crippen LogP contribution is -2.39. The minimum absolute atomic E-state index is 0.0549. The average Bonchev–Trinajstić information content (AvgIpc) is 2.46. The van der Waals surface area contributed by atoms with Crippen molar-refractivity contribution in [2.45, 2.75) is 26.7 Å². The number of piperidine rings is 1. The second-order valence-corrected chi connectivity index (χ2v) is 5.53. The van der Waals surface area contributed by atoms with Gasteiger partial charge in [0.05, 0.1) is 0 Å². The summed E-state index contributed by atoms with van der Waals surface area (Å²) in [5, 5.41) is 2.97. The Balaban J connectivity index is 2.01. The van der Waals surface area contributed by atoms with Crippen LogP contribution < -0.4 is 5.32 Å². The van der Waals surface area contributed by atoms with Gasteiger partial charge in [-0.25, -0.2) is 4.98 Å². The van der Waals surface area contributed by atoms with E-state index in [1.54, 1.807) is 6.07 Å². The molecule has 0 unspecified atom stereocenters. The number of aromatic nitrogens is 1. The Hall–Kier alpha value is -1.58. The zero-order valence-electron chi connectivity index (χ0n) is 12.0. The van der Waals surface area contributed by atoms with Gasteiger partial charge in [-0.1, -0.05) is 19.9 Å². The van der Waals surface area contributed by atoms with Crippen LogP contribution >= 0.6 is 0 Å². The molecular formula is C15H23N3O. The fourth-order valence-corrected chi connectivity index (χ4v) is 2.62. The maximum atomic E-state index is 12.4. The lowest BCUT2D eigenvalue weighted by atomic mass is 9.86. The van der Waals surface area contributed by atoms with Crippen LogP contribution in [0.3, 0.4) is 0 Å². The van der Waals surface area contributed by atoms with Crippen molar-refractivity contribution in [3.63, 3.8) is 0 Å². The lowest BCUT2D eigenvalue weighted by Gasteiger charge is -2.33. The first-order valence-electron chi connectivity index (χ1n) is 7.06. The van der Waals surface area contributed by atoms with Crippen molar-refractivity contribution in [2.75, 3.05) is 25.5 Å². The van der Waals surface area contributed by atoms with Crippen LogP contribution in [0, 0.1) is 11.8 Å². The molecule has 0 spiro atoms. The maximum Gasteiger partial charge on any atom is 0.272 e. The quantitative estimate of drug-likeness (QED) is 0.909. The summed E-state index contributed by atoms with van der Waals surface area (Å²) in [5.41, 5.74) is 0.537. The highest BCUT2D eigenvalue weighted by Crippen LogP contribution is 2.25. The molecule has 1 aliphatic heterocycles. The van der Waals surface area contributed by atoms with E-state index in [4.69, 9.17) is 0 Å². The van der Waals surface area contributed by atoms with E-state index in [1.165, 1.54) is 0 Å². The fraction of sp³-hybridized carbons (Fsp3) is 0.600. The molecule has 1 aromatic rings. The Morgan fingerprint density at radius 1 is 1.37 bits per heavy atom. The van der Waals surface area contributed by atoms with E-state index in [9.17, 15) is 4.79 Å². The molecule has 4 heteroatoms. The van der Waals surface area contributed by atoms with Crippen molar-refractivity contribution in [1.29, 1.82) is 0 Å². The maximum absolute atomic E-state index is 12.4. The van der Waals surface area contributed by atoms with Gasteiger partial charge >= 0.3 is 0 Å². The number of rotatable bonds is 3. The summed E-state index contributed by atoms with van der Waals surface area (Å²) in [5.74, 6) is 2.26. The number of hydrogen-bond acceptors (Lipinski definition) is 3. The van der Waals surface area contributed by atoms with Gasteiger partial charge in [-0.3, -0.25) is 4.79 Å². The van der Waals surface area contributed by atoms with Gasteiger partial charge in [0, 0.05) is 20.1 Å². The monoisotopic (exact) mass is 261 g/mol. The first kappa shape index (κ1) is 13.8. The van der Waals surface area contributed by atoms with Gasteiger partial charge in [0.15, 0.2) is 0 Å². The van der Waals surface area contributed by atoms with E-state index in [-0.39, 0.29) is 5.91 Å². The molecule has 1 saturated heterocycles. The fourth-order valence-electron chi connectivity index (χ4n) is 2.62. The third-order valence-corrected chi connectivity index (χ3v) is 3.99. The normalized spacial score (nSPS) is 16.7. The molecule has 2 heterocycles. The molecule has 0 saturated carbocycles. The second kappa shape index (κ2) is 6.04. The third-order valence-electron chi connectivity index (χ3n) is 3.99. The van der Waals surface area contributed by atoms with Crippen LogP contribution in [0.5, 0.6) is 0 Å². The molecule has 19 heavy (non-hydrogen) atoms. The number of anilines is 1. The number of amides is 1. The van der Waals surface area contributed by atoms with Gasteiger partial charge < -0.3 is 10.2 Å². The van der Waals surface area contributed by atoms with E-state index >= 15 is 0 Å². The van der Waals surface area contributed by atoms with Gasteiger partial charge in [0.2, 0.25) is 0 Å². The Bertz CT molecular complexity index is 437. The van der Waals surface area contributed by atoms with Crippen molar-refractivity contribution in [1.82, 2.24) is 9.88 Å². The number of hydrogen-bond donors (Lipinski definition) is 1. The molecule has 1 amide bonds. The van der Waals surface area contributed by atoms with E-state index in [2.05, 4.69) is 24.1 Å². The number of carbonyl (C=O) groups is 1. The zero-order chi connectivity index (χ0) is 13.8. The molecule has 2 rings (SSSR count).